The molecule has 1 N–H and O–H groups in total. The third-order valence-electron chi connectivity index (χ3n) is 4.10. The molecule has 3 rings (SSSR count). The lowest BCUT2D eigenvalue weighted by Gasteiger charge is -2.25. The minimum absolute atomic E-state index is 0.0220. The van der Waals surface area contributed by atoms with Gasteiger partial charge in [-0.3, -0.25) is 0 Å². The summed E-state index contributed by atoms with van der Waals surface area (Å²) in [7, 11) is 2.09. The number of hydrogen-bond donors (Lipinski definition) is 1. The van der Waals surface area contributed by atoms with E-state index >= 15 is 0 Å². The Labute approximate surface area is 134 Å². The third-order valence-corrected chi connectivity index (χ3v) is 4.10. The zero-order valence-corrected chi connectivity index (χ0v) is 13.3. The largest absolute Gasteiger partial charge is 0.435 e. The molecule has 0 radical (unpaired) electrons. The Morgan fingerprint density at radius 1 is 1.13 bits per heavy atom. The Morgan fingerprint density at radius 3 is 2.26 bits per heavy atom. The van der Waals surface area contributed by atoms with Gasteiger partial charge in [-0.2, -0.15) is 13.2 Å². The number of anilines is 1. The summed E-state index contributed by atoms with van der Waals surface area (Å²) in [6.45, 7) is 3.41. The number of aliphatic hydroxyl groups is 1. The summed E-state index contributed by atoms with van der Waals surface area (Å²) in [6.07, 6.45) is 1.50. The van der Waals surface area contributed by atoms with Crippen LogP contribution in [0.5, 0.6) is 0 Å². The van der Waals surface area contributed by atoms with Gasteiger partial charge in [0, 0.05) is 26.2 Å². The number of alkyl halides is 3. The van der Waals surface area contributed by atoms with E-state index in [0.29, 0.717) is 13.1 Å². The monoisotopic (exact) mass is 332 g/mol. The van der Waals surface area contributed by atoms with Crippen LogP contribution >= 0.6 is 0 Å². The molecule has 130 valence electrons. The predicted octanol–water partition coefficient (Wildman–Crippen LogP) is 2.17. The molecule has 0 aliphatic carbocycles. The van der Waals surface area contributed by atoms with E-state index < -0.39 is 11.9 Å². The average Bonchev–Trinajstić information content (AvgIpc) is 3.04. The van der Waals surface area contributed by atoms with Gasteiger partial charge < -0.3 is 14.9 Å². The van der Waals surface area contributed by atoms with E-state index in [-0.39, 0.29) is 11.8 Å². The molecular formula is C15H23F3N4O. The van der Waals surface area contributed by atoms with E-state index in [1.165, 1.54) is 6.20 Å². The second kappa shape index (κ2) is 7.92. The Bertz CT molecular complexity index is 474. The summed E-state index contributed by atoms with van der Waals surface area (Å²) in [5, 5.41) is 9.00. The average molecular weight is 332 g/mol. The van der Waals surface area contributed by atoms with Crippen molar-refractivity contribution in [3.63, 3.8) is 0 Å². The lowest BCUT2D eigenvalue weighted by Crippen LogP contribution is -2.32. The molecule has 3 heterocycles. The van der Waals surface area contributed by atoms with Gasteiger partial charge in [-0.25, -0.2) is 9.97 Å². The highest BCUT2D eigenvalue weighted by atomic mass is 19.4. The molecule has 2 saturated heterocycles. The zero-order valence-electron chi connectivity index (χ0n) is 13.3. The van der Waals surface area contributed by atoms with E-state index in [2.05, 4.69) is 21.9 Å². The normalized spacial score (nSPS) is 20.3. The van der Waals surface area contributed by atoms with Crippen molar-refractivity contribution in [2.45, 2.75) is 38.0 Å². The van der Waals surface area contributed by atoms with Gasteiger partial charge in [-0.15, -0.1) is 0 Å². The van der Waals surface area contributed by atoms with Crippen LogP contribution in [0.2, 0.25) is 0 Å². The summed E-state index contributed by atoms with van der Waals surface area (Å²) in [4.78, 5) is 10.9. The molecule has 1 aromatic heterocycles. The number of aliphatic hydroxyl groups excluding tert-OH is 1. The van der Waals surface area contributed by atoms with Gasteiger partial charge in [0.05, 0.1) is 18.0 Å². The Balaban J connectivity index is 0.000000203. The molecule has 23 heavy (non-hydrogen) atoms. The summed E-state index contributed by atoms with van der Waals surface area (Å²) >= 11 is 0. The molecule has 0 atom stereocenters. The maximum atomic E-state index is 12.6. The molecule has 0 saturated carbocycles. The number of nitrogens with zero attached hydrogens (tertiary/aromatic N) is 4. The number of piperidine rings is 1. The molecule has 0 unspecified atom stereocenters. The SMILES string of the molecule is CN1CCC(O)CC1.FC(F)(F)c1ncncc1N1CCCC1. The molecule has 0 spiro atoms. The lowest BCUT2D eigenvalue weighted by molar-refractivity contribution is -0.140. The summed E-state index contributed by atoms with van der Waals surface area (Å²) in [5.41, 5.74) is -0.734. The molecule has 2 aliphatic heterocycles. The number of aromatic nitrogens is 2. The van der Waals surface area contributed by atoms with E-state index in [9.17, 15) is 13.2 Å². The van der Waals surface area contributed by atoms with Gasteiger partial charge in [0.25, 0.3) is 0 Å². The molecule has 1 aromatic rings. The fourth-order valence-corrected chi connectivity index (χ4v) is 2.73. The van der Waals surface area contributed by atoms with Crippen molar-refractivity contribution in [2.24, 2.45) is 0 Å². The summed E-state index contributed by atoms with van der Waals surface area (Å²) in [5.74, 6) is 0. The van der Waals surface area contributed by atoms with E-state index in [1.807, 2.05) is 0 Å². The number of halogens is 3. The van der Waals surface area contributed by atoms with Crippen molar-refractivity contribution in [1.29, 1.82) is 0 Å². The maximum absolute atomic E-state index is 12.6. The lowest BCUT2D eigenvalue weighted by atomic mass is 10.1. The number of rotatable bonds is 1. The zero-order chi connectivity index (χ0) is 16.9. The number of likely N-dealkylation sites (tertiary alicyclic amines) is 1. The first-order valence-corrected chi connectivity index (χ1v) is 7.86. The first kappa shape index (κ1) is 17.9. The molecular weight excluding hydrogens is 309 g/mol. The second-order valence-corrected chi connectivity index (χ2v) is 5.98. The third kappa shape index (κ3) is 5.31. The summed E-state index contributed by atoms with van der Waals surface area (Å²) < 4.78 is 37.8. The van der Waals surface area contributed by atoms with Crippen LogP contribution in [-0.2, 0) is 6.18 Å². The van der Waals surface area contributed by atoms with Gasteiger partial charge in [-0.05, 0) is 32.7 Å². The molecule has 8 heteroatoms. The minimum atomic E-state index is -4.40. The summed E-state index contributed by atoms with van der Waals surface area (Å²) in [6, 6.07) is 0. The number of hydrogen-bond acceptors (Lipinski definition) is 5. The fraction of sp³-hybridized carbons (Fsp3) is 0.733. The van der Waals surface area contributed by atoms with Crippen LogP contribution in [0.4, 0.5) is 18.9 Å². The topological polar surface area (TPSA) is 52.5 Å². The van der Waals surface area contributed by atoms with E-state index in [4.69, 9.17) is 5.11 Å². The standard InChI is InChI=1S/C9H10F3N3.C6H13NO/c10-9(11,12)8-7(5-13-6-14-8)15-3-1-2-4-15;1-7-4-2-6(8)3-5-7/h5-6H,1-4H2;6,8H,2-5H2,1H3. The quantitative estimate of drug-likeness (QED) is 0.854. The van der Waals surface area contributed by atoms with Gasteiger partial charge in [0.1, 0.15) is 6.33 Å². The molecule has 0 bridgehead atoms. The van der Waals surface area contributed by atoms with Crippen molar-refractivity contribution in [3.8, 4) is 0 Å². The van der Waals surface area contributed by atoms with Crippen molar-refractivity contribution in [2.75, 3.05) is 38.1 Å². The van der Waals surface area contributed by atoms with Gasteiger partial charge in [-0.1, -0.05) is 0 Å². The Kier molecular flexibility index (Phi) is 6.17. The van der Waals surface area contributed by atoms with Crippen LogP contribution in [0, 0.1) is 0 Å². The van der Waals surface area contributed by atoms with E-state index in [1.54, 1.807) is 4.90 Å². The molecule has 5 nitrogen and oxygen atoms in total. The first-order valence-electron chi connectivity index (χ1n) is 7.86. The van der Waals surface area contributed by atoms with Crippen LogP contribution < -0.4 is 4.90 Å². The minimum Gasteiger partial charge on any atom is -0.393 e. The van der Waals surface area contributed by atoms with Gasteiger partial charge >= 0.3 is 6.18 Å². The molecule has 0 aromatic carbocycles. The van der Waals surface area contributed by atoms with Crippen molar-refractivity contribution >= 4 is 5.69 Å². The van der Waals surface area contributed by atoms with Crippen molar-refractivity contribution in [3.05, 3.63) is 18.2 Å². The van der Waals surface area contributed by atoms with Crippen LogP contribution in [-0.4, -0.2) is 59.3 Å². The fourth-order valence-electron chi connectivity index (χ4n) is 2.73. The first-order chi connectivity index (χ1) is 10.9. The van der Waals surface area contributed by atoms with Crippen molar-refractivity contribution < 1.29 is 18.3 Å². The van der Waals surface area contributed by atoms with Gasteiger partial charge in [0.15, 0.2) is 5.69 Å². The van der Waals surface area contributed by atoms with Crippen LogP contribution in [0.15, 0.2) is 12.5 Å². The Hall–Kier alpha value is -1.41. The smallest absolute Gasteiger partial charge is 0.393 e. The van der Waals surface area contributed by atoms with Gasteiger partial charge in [0.2, 0.25) is 0 Å². The van der Waals surface area contributed by atoms with Crippen LogP contribution in [0.1, 0.15) is 31.4 Å². The second-order valence-electron chi connectivity index (χ2n) is 5.98. The van der Waals surface area contributed by atoms with Crippen molar-refractivity contribution in [1.82, 2.24) is 14.9 Å². The van der Waals surface area contributed by atoms with Crippen LogP contribution in [0.3, 0.4) is 0 Å². The highest BCUT2D eigenvalue weighted by Gasteiger charge is 2.37. The molecule has 0 amide bonds. The highest BCUT2D eigenvalue weighted by molar-refractivity contribution is 5.50. The maximum Gasteiger partial charge on any atom is 0.435 e. The molecule has 2 aliphatic rings. The van der Waals surface area contributed by atoms with Crippen LogP contribution in [0.25, 0.3) is 0 Å². The molecule has 2 fully saturated rings. The predicted molar refractivity (Wildman–Crippen MR) is 81.2 cm³/mol. The highest BCUT2D eigenvalue weighted by Crippen LogP contribution is 2.35. The van der Waals surface area contributed by atoms with E-state index in [0.717, 1.165) is 45.1 Å². The Morgan fingerprint density at radius 2 is 1.74 bits per heavy atom.